The van der Waals surface area contributed by atoms with Crippen LogP contribution in [0.4, 0.5) is 0 Å². The molecule has 108 valence electrons. The molecule has 8 nitrogen and oxygen atoms in total. The standard InChI is InChI=1S/C11H15N5O3S/c1-7(2)10-14-15-11(20-5-9(17)18)16(10)4-3-8-12-6-13-19-8/h6-7H,3-5H2,1-2H3,(H,17,18). The van der Waals surface area contributed by atoms with Crippen molar-refractivity contribution in [1.29, 1.82) is 0 Å². The third kappa shape index (κ3) is 3.56. The van der Waals surface area contributed by atoms with E-state index < -0.39 is 5.97 Å². The van der Waals surface area contributed by atoms with E-state index in [0.29, 0.717) is 24.0 Å². The summed E-state index contributed by atoms with van der Waals surface area (Å²) in [6.45, 7) is 4.60. The zero-order valence-electron chi connectivity index (χ0n) is 11.2. The molecule has 0 unspecified atom stereocenters. The normalized spacial score (nSPS) is 11.2. The van der Waals surface area contributed by atoms with E-state index in [0.717, 1.165) is 17.6 Å². The number of hydrogen-bond acceptors (Lipinski definition) is 7. The molecule has 0 aliphatic carbocycles. The van der Waals surface area contributed by atoms with E-state index in [1.54, 1.807) is 0 Å². The molecule has 0 radical (unpaired) electrons. The van der Waals surface area contributed by atoms with Crippen LogP contribution >= 0.6 is 11.8 Å². The van der Waals surface area contributed by atoms with Crippen molar-refractivity contribution < 1.29 is 14.4 Å². The quantitative estimate of drug-likeness (QED) is 0.760. The molecule has 0 saturated carbocycles. The van der Waals surface area contributed by atoms with Crippen LogP contribution in [0.25, 0.3) is 0 Å². The van der Waals surface area contributed by atoms with E-state index in [4.69, 9.17) is 9.63 Å². The maximum atomic E-state index is 10.7. The topological polar surface area (TPSA) is 107 Å². The van der Waals surface area contributed by atoms with E-state index in [1.807, 2.05) is 18.4 Å². The number of aromatic nitrogens is 5. The van der Waals surface area contributed by atoms with Gasteiger partial charge < -0.3 is 14.2 Å². The van der Waals surface area contributed by atoms with Crippen molar-refractivity contribution in [3.63, 3.8) is 0 Å². The SMILES string of the molecule is CC(C)c1nnc(SCC(=O)O)n1CCc1ncno1. The summed E-state index contributed by atoms with van der Waals surface area (Å²) in [6, 6.07) is 0. The number of nitrogens with zero attached hydrogens (tertiary/aromatic N) is 5. The van der Waals surface area contributed by atoms with E-state index in [2.05, 4.69) is 20.3 Å². The summed E-state index contributed by atoms with van der Waals surface area (Å²) in [5.74, 6) is 0.619. The molecule has 9 heteroatoms. The average Bonchev–Trinajstić information content (AvgIpc) is 3.03. The van der Waals surface area contributed by atoms with Gasteiger partial charge in [-0.1, -0.05) is 30.8 Å². The van der Waals surface area contributed by atoms with Gasteiger partial charge in [-0.2, -0.15) is 4.98 Å². The van der Waals surface area contributed by atoms with Crippen LogP contribution in [0.15, 0.2) is 16.0 Å². The van der Waals surface area contributed by atoms with Crippen molar-refractivity contribution >= 4 is 17.7 Å². The minimum absolute atomic E-state index is 0.0449. The molecule has 0 amide bonds. The first-order chi connectivity index (χ1) is 9.58. The molecule has 1 N–H and O–H groups in total. The number of carboxylic acids is 1. The van der Waals surface area contributed by atoms with Gasteiger partial charge in [0.15, 0.2) is 11.5 Å². The highest BCUT2D eigenvalue weighted by molar-refractivity contribution is 7.99. The Balaban J connectivity index is 2.13. The second-order valence-corrected chi connectivity index (χ2v) is 5.36. The monoisotopic (exact) mass is 297 g/mol. The zero-order chi connectivity index (χ0) is 14.5. The molecular formula is C11H15N5O3S. The van der Waals surface area contributed by atoms with Gasteiger partial charge in [0.25, 0.3) is 0 Å². The van der Waals surface area contributed by atoms with Crippen molar-refractivity contribution in [2.24, 2.45) is 0 Å². The fourth-order valence-corrected chi connectivity index (χ4v) is 2.38. The summed E-state index contributed by atoms with van der Waals surface area (Å²) >= 11 is 1.15. The lowest BCUT2D eigenvalue weighted by Crippen LogP contribution is -2.10. The smallest absolute Gasteiger partial charge is 0.313 e. The van der Waals surface area contributed by atoms with Gasteiger partial charge in [-0.25, -0.2) is 0 Å². The Morgan fingerprint density at radius 1 is 1.50 bits per heavy atom. The average molecular weight is 297 g/mol. The lowest BCUT2D eigenvalue weighted by atomic mass is 10.2. The summed E-state index contributed by atoms with van der Waals surface area (Å²) in [5.41, 5.74) is 0. The first-order valence-electron chi connectivity index (χ1n) is 6.11. The highest BCUT2D eigenvalue weighted by Gasteiger charge is 2.16. The van der Waals surface area contributed by atoms with Gasteiger partial charge in [0.05, 0.1) is 5.75 Å². The van der Waals surface area contributed by atoms with E-state index >= 15 is 0 Å². The van der Waals surface area contributed by atoms with Crippen LogP contribution in [0, 0.1) is 0 Å². The third-order valence-corrected chi connectivity index (χ3v) is 3.49. The largest absolute Gasteiger partial charge is 0.481 e. The molecule has 2 aromatic rings. The van der Waals surface area contributed by atoms with Gasteiger partial charge in [-0.3, -0.25) is 4.79 Å². The Morgan fingerprint density at radius 2 is 2.30 bits per heavy atom. The molecule has 0 aromatic carbocycles. The van der Waals surface area contributed by atoms with Crippen molar-refractivity contribution in [2.45, 2.75) is 37.9 Å². The fourth-order valence-electron chi connectivity index (χ4n) is 1.68. The number of thioether (sulfide) groups is 1. The first kappa shape index (κ1) is 14.5. The molecule has 2 rings (SSSR count). The number of aryl methyl sites for hydroxylation is 1. The molecule has 0 bridgehead atoms. The van der Waals surface area contributed by atoms with Crippen LogP contribution in [0.3, 0.4) is 0 Å². The minimum Gasteiger partial charge on any atom is -0.481 e. The maximum absolute atomic E-state index is 10.7. The predicted molar refractivity (Wildman–Crippen MR) is 70.5 cm³/mol. The predicted octanol–water partition coefficient (Wildman–Crippen LogP) is 1.20. The molecule has 0 fully saturated rings. The number of carbonyl (C=O) groups is 1. The van der Waals surface area contributed by atoms with Crippen LogP contribution in [0.1, 0.15) is 31.5 Å². The van der Waals surface area contributed by atoms with Crippen LogP contribution < -0.4 is 0 Å². The van der Waals surface area contributed by atoms with E-state index in [-0.39, 0.29) is 11.7 Å². The third-order valence-electron chi connectivity index (χ3n) is 2.54. The lowest BCUT2D eigenvalue weighted by molar-refractivity contribution is -0.133. The molecule has 0 aliphatic rings. The van der Waals surface area contributed by atoms with Gasteiger partial charge in [-0.05, 0) is 0 Å². The molecular weight excluding hydrogens is 282 g/mol. The Hall–Kier alpha value is -1.90. The number of hydrogen-bond donors (Lipinski definition) is 1. The van der Waals surface area contributed by atoms with Gasteiger partial charge >= 0.3 is 5.97 Å². The van der Waals surface area contributed by atoms with Crippen molar-refractivity contribution in [3.8, 4) is 0 Å². The second kappa shape index (κ2) is 6.51. The fraction of sp³-hybridized carbons (Fsp3) is 0.545. The molecule has 2 heterocycles. The number of aliphatic carboxylic acids is 1. The minimum atomic E-state index is -0.882. The summed E-state index contributed by atoms with van der Waals surface area (Å²) in [4.78, 5) is 14.6. The van der Waals surface area contributed by atoms with Crippen molar-refractivity contribution in [1.82, 2.24) is 24.9 Å². The maximum Gasteiger partial charge on any atom is 0.313 e. The van der Waals surface area contributed by atoms with Gasteiger partial charge in [0, 0.05) is 18.9 Å². The lowest BCUT2D eigenvalue weighted by Gasteiger charge is -2.10. The van der Waals surface area contributed by atoms with E-state index in [9.17, 15) is 4.79 Å². The van der Waals surface area contributed by atoms with Crippen LogP contribution in [0.5, 0.6) is 0 Å². The molecule has 0 aliphatic heterocycles. The Labute approximate surface area is 119 Å². The number of rotatable bonds is 7. The van der Waals surface area contributed by atoms with Crippen LogP contribution in [0.2, 0.25) is 0 Å². The van der Waals surface area contributed by atoms with Gasteiger partial charge in [0.2, 0.25) is 5.89 Å². The highest BCUT2D eigenvalue weighted by Crippen LogP contribution is 2.21. The molecule has 2 aromatic heterocycles. The second-order valence-electron chi connectivity index (χ2n) is 4.41. The van der Waals surface area contributed by atoms with Crippen LogP contribution in [-0.4, -0.2) is 41.7 Å². The Bertz CT molecular complexity index is 567. The number of carboxylic acid groups (broad SMARTS) is 1. The highest BCUT2D eigenvalue weighted by atomic mass is 32.2. The van der Waals surface area contributed by atoms with Gasteiger partial charge in [0.1, 0.15) is 5.82 Å². The van der Waals surface area contributed by atoms with Crippen molar-refractivity contribution in [2.75, 3.05) is 5.75 Å². The summed E-state index contributed by atoms with van der Waals surface area (Å²) in [6.07, 6.45) is 1.91. The molecule has 0 atom stereocenters. The summed E-state index contributed by atoms with van der Waals surface area (Å²) in [5, 5.41) is 21.1. The molecule has 0 saturated heterocycles. The van der Waals surface area contributed by atoms with Crippen LogP contribution in [-0.2, 0) is 17.8 Å². The molecule has 0 spiro atoms. The summed E-state index contributed by atoms with van der Waals surface area (Å²) < 4.78 is 6.86. The van der Waals surface area contributed by atoms with E-state index in [1.165, 1.54) is 6.33 Å². The Kier molecular flexibility index (Phi) is 4.72. The molecule has 20 heavy (non-hydrogen) atoms. The summed E-state index contributed by atoms with van der Waals surface area (Å²) in [7, 11) is 0. The van der Waals surface area contributed by atoms with Crippen molar-refractivity contribution in [3.05, 3.63) is 18.0 Å². The van der Waals surface area contributed by atoms with Gasteiger partial charge in [-0.15, -0.1) is 10.2 Å². The first-order valence-corrected chi connectivity index (χ1v) is 7.09. The zero-order valence-corrected chi connectivity index (χ0v) is 12.0. The Morgan fingerprint density at radius 3 is 2.90 bits per heavy atom.